The predicted molar refractivity (Wildman–Crippen MR) is 244 cm³/mol. The molecule has 1 spiro atoms. The summed E-state index contributed by atoms with van der Waals surface area (Å²) in [7, 11) is -4.48. The average molecular weight is 929 g/mol. The number of morpholine rings is 1. The topological polar surface area (TPSA) is 160 Å². The number of rotatable bonds is 13. The number of pyridine rings is 1. The van der Waals surface area contributed by atoms with E-state index in [1.165, 1.54) is 30.4 Å². The minimum atomic E-state index is -4.48. The minimum Gasteiger partial charge on any atom is -0.462 e. The van der Waals surface area contributed by atoms with E-state index >= 15 is 4.39 Å². The van der Waals surface area contributed by atoms with Crippen molar-refractivity contribution in [3.8, 4) is 5.75 Å². The second-order valence-corrected chi connectivity index (χ2v) is 21.7. The summed E-state index contributed by atoms with van der Waals surface area (Å²) in [6, 6.07) is 15.9. The fraction of sp³-hybridized carbons (Fsp3) is 0.521. The molecule has 2 aromatic carbocycles. The van der Waals surface area contributed by atoms with Crippen LogP contribution in [0.1, 0.15) is 105 Å². The number of nitrogens with one attached hydrogen (secondary N) is 2. The number of benzene rings is 2. The fourth-order valence-electron chi connectivity index (χ4n) is 10.4. The Labute approximate surface area is 383 Å². The molecule has 3 amide bonds. The van der Waals surface area contributed by atoms with Crippen molar-refractivity contribution in [3.63, 3.8) is 0 Å². The number of amides is 3. The first-order chi connectivity index (χ1) is 31.3. The van der Waals surface area contributed by atoms with Gasteiger partial charge in [0.2, 0.25) is 17.7 Å². The Bertz CT molecular complexity index is 2430. The summed E-state index contributed by atoms with van der Waals surface area (Å²) in [5.74, 6) is -3.24. The van der Waals surface area contributed by atoms with Crippen molar-refractivity contribution in [2.24, 2.45) is 0 Å². The first-order valence-corrected chi connectivity index (χ1v) is 25.5. The van der Waals surface area contributed by atoms with E-state index < -0.39 is 49.5 Å². The highest BCUT2D eigenvalue weighted by Crippen LogP contribution is 2.58. The normalized spacial score (nSPS) is 26.2. The molecule has 2 N–H and O–H groups in total. The summed E-state index contributed by atoms with van der Waals surface area (Å²) in [6.45, 7) is 8.25. The van der Waals surface area contributed by atoms with Gasteiger partial charge in [0, 0.05) is 60.3 Å². The van der Waals surface area contributed by atoms with E-state index in [4.69, 9.17) is 14.0 Å². The molecule has 8 atom stereocenters. The number of esters is 1. The number of hydrogen-bond acceptors (Lipinski definition) is 11. The van der Waals surface area contributed by atoms with Gasteiger partial charge in [0.25, 0.3) is 5.91 Å². The maximum Gasteiger partial charge on any atom is 0.355 e. The Kier molecular flexibility index (Phi) is 13.2. The Balaban J connectivity index is 0.952. The molecular formula is C48H58FN6O8PS. The van der Waals surface area contributed by atoms with Gasteiger partial charge in [0.1, 0.15) is 23.9 Å². The molecule has 2 aromatic heterocycles. The number of fused-ring (bicyclic) bond motifs is 2. The zero-order valence-corrected chi connectivity index (χ0v) is 38.8. The number of halogens is 1. The number of hydrogen-bond donors (Lipinski definition) is 2. The second-order valence-electron chi connectivity index (χ2n) is 18.6. The lowest BCUT2D eigenvalue weighted by atomic mass is 9.93. The molecule has 4 saturated heterocycles. The van der Waals surface area contributed by atoms with E-state index in [-0.39, 0.29) is 46.7 Å². The molecule has 1 saturated carbocycles. The molecule has 0 unspecified atom stereocenters. The lowest BCUT2D eigenvalue weighted by molar-refractivity contribution is -0.149. The van der Waals surface area contributed by atoms with E-state index in [1.807, 2.05) is 17.2 Å². The first-order valence-electron chi connectivity index (χ1n) is 23.0. The monoisotopic (exact) mass is 928 g/mol. The van der Waals surface area contributed by atoms with Crippen LogP contribution in [0, 0.1) is 0 Å². The third-order valence-corrected chi connectivity index (χ3v) is 17.0. The van der Waals surface area contributed by atoms with Crippen LogP contribution < -0.4 is 14.9 Å². The molecule has 6 heterocycles. The smallest absolute Gasteiger partial charge is 0.355 e. The largest absolute Gasteiger partial charge is 0.462 e. The average Bonchev–Trinajstić information content (AvgIpc) is 3.58. The molecule has 65 heavy (non-hydrogen) atoms. The standard InChI is InChI=1S/C48H58FN6O8PS/c1-30(2)62-47(59)31(3)52-64(60,63-38-9-5-4-6-10-38)43(49)32-11-16-41-34(24-32)25-42(65-41)44(56)51-39-14-12-36(53-20-22-61-23-21-53)26-37-13-15-40(55(37)45(39)57)46(58)54-29-35(27-48(54)17-18-48)33-8-7-19-50-28-33/h4-11,16,19,24-25,28,30-31,35-37,39-40,43H,12-15,17-18,20-23,26-27,29H2,1-3H3,(H,51,56)(H,52,60)/t31-,35-,36-,37+,39-,40-,43+,64+/m0/s1. The zero-order chi connectivity index (χ0) is 45.5. The number of likely N-dealkylation sites (tertiary alicyclic amines) is 1. The number of alkyl halides is 1. The van der Waals surface area contributed by atoms with Gasteiger partial charge in [-0.3, -0.25) is 33.6 Å². The lowest BCUT2D eigenvalue weighted by Crippen LogP contribution is -2.59. The van der Waals surface area contributed by atoms with Crippen molar-refractivity contribution in [2.45, 2.75) is 126 Å². The molecule has 0 bridgehead atoms. The lowest BCUT2D eigenvalue weighted by Gasteiger charge is -2.42. The predicted octanol–water partition coefficient (Wildman–Crippen LogP) is 7.36. The van der Waals surface area contributed by atoms with Gasteiger partial charge in [-0.1, -0.05) is 30.3 Å². The molecule has 9 rings (SSSR count). The fourth-order valence-corrected chi connectivity index (χ4v) is 13.2. The number of carbonyl (C=O) groups excluding carboxylic acids is 4. The van der Waals surface area contributed by atoms with Crippen LogP contribution in [-0.4, -0.2) is 118 Å². The van der Waals surface area contributed by atoms with Crippen molar-refractivity contribution in [2.75, 3.05) is 32.8 Å². The third-order valence-electron chi connectivity index (χ3n) is 13.8. The van der Waals surface area contributed by atoms with Crippen LogP contribution in [0.5, 0.6) is 5.75 Å². The number of thiophene rings is 1. The molecule has 4 aliphatic heterocycles. The highest BCUT2D eigenvalue weighted by molar-refractivity contribution is 7.57. The van der Waals surface area contributed by atoms with Gasteiger partial charge in [-0.2, -0.15) is 0 Å². The first kappa shape index (κ1) is 45.4. The minimum absolute atomic E-state index is 0.00338. The molecule has 346 valence electrons. The van der Waals surface area contributed by atoms with Crippen molar-refractivity contribution >= 4 is 52.6 Å². The summed E-state index contributed by atoms with van der Waals surface area (Å²) in [5, 5.41) is 6.22. The van der Waals surface area contributed by atoms with Gasteiger partial charge >= 0.3 is 13.5 Å². The number of carbonyl (C=O) groups is 4. The summed E-state index contributed by atoms with van der Waals surface area (Å²) in [6.07, 6.45) is 9.15. The number of para-hydroxylation sites is 1. The van der Waals surface area contributed by atoms with Crippen LogP contribution in [0.3, 0.4) is 0 Å². The number of aromatic nitrogens is 1. The SMILES string of the molecule is CC(C)OC(=O)[C@H](C)N[P@](=O)(Oc1ccccc1)[C@@H](F)c1ccc2sc(C(=O)N[C@H]3CC[C@H](N4CCOCC4)C[C@H]4CC[C@@H](C(=O)N5C[C@@H](c6cccnc6)CC56CC6)N4C3=O)cc2c1. The van der Waals surface area contributed by atoms with Crippen LogP contribution in [-0.2, 0) is 28.4 Å². The van der Waals surface area contributed by atoms with Crippen molar-refractivity contribution < 1.29 is 42.1 Å². The molecule has 14 nitrogen and oxygen atoms in total. The Morgan fingerprint density at radius 2 is 1.74 bits per heavy atom. The van der Waals surface area contributed by atoms with Gasteiger partial charge in [0.05, 0.1) is 24.2 Å². The van der Waals surface area contributed by atoms with Crippen LogP contribution in [0.25, 0.3) is 10.1 Å². The van der Waals surface area contributed by atoms with Crippen molar-refractivity contribution in [1.29, 1.82) is 0 Å². The summed E-state index contributed by atoms with van der Waals surface area (Å²) >= 11 is 1.20. The van der Waals surface area contributed by atoms with E-state index in [1.54, 1.807) is 62.5 Å². The Morgan fingerprint density at radius 1 is 0.969 bits per heavy atom. The van der Waals surface area contributed by atoms with Crippen LogP contribution in [0.15, 0.2) is 79.1 Å². The molecule has 17 heteroatoms. The van der Waals surface area contributed by atoms with Gasteiger partial charge in [-0.05, 0) is 125 Å². The van der Waals surface area contributed by atoms with Crippen LogP contribution >= 0.6 is 18.9 Å². The van der Waals surface area contributed by atoms with Crippen LogP contribution in [0.4, 0.5) is 4.39 Å². The maximum absolute atomic E-state index is 16.7. The summed E-state index contributed by atoms with van der Waals surface area (Å²) in [4.78, 5) is 67.7. The highest BCUT2D eigenvalue weighted by atomic mass is 32.1. The summed E-state index contributed by atoms with van der Waals surface area (Å²) in [5.41, 5.74) is 0.969. The van der Waals surface area contributed by atoms with Crippen molar-refractivity contribution in [1.82, 2.24) is 30.1 Å². The van der Waals surface area contributed by atoms with Gasteiger partial charge in [0.15, 0.2) is 0 Å². The van der Waals surface area contributed by atoms with E-state index in [0.717, 1.165) is 44.3 Å². The Morgan fingerprint density at radius 3 is 2.46 bits per heavy atom. The molecule has 5 fully saturated rings. The number of ether oxygens (including phenoxy) is 2. The molecule has 1 aliphatic carbocycles. The Hall–Kier alpha value is -4.73. The highest BCUT2D eigenvalue weighted by Gasteiger charge is 2.59. The molecular weight excluding hydrogens is 871 g/mol. The summed E-state index contributed by atoms with van der Waals surface area (Å²) < 4.78 is 48.6. The van der Waals surface area contributed by atoms with Crippen LogP contribution in [0.2, 0.25) is 0 Å². The molecule has 0 radical (unpaired) electrons. The van der Waals surface area contributed by atoms with Gasteiger partial charge < -0.3 is 29.1 Å². The molecule has 5 aliphatic rings. The second kappa shape index (κ2) is 18.9. The maximum atomic E-state index is 16.7. The van der Waals surface area contributed by atoms with E-state index in [0.29, 0.717) is 60.4 Å². The van der Waals surface area contributed by atoms with Gasteiger partial charge in [-0.15, -0.1) is 11.3 Å². The molecule has 4 aromatic rings. The zero-order valence-electron chi connectivity index (χ0n) is 37.1. The van der Waals surface area contributed by atoms with Crippen molar-refractivity contribution in [3.05, 3.63) is 95.1 Å². The third kappa shape index (κ3) is 9.60. The van der Waals surface area contributed by atoms with E-state index in [9.17, 15) is 23.7 Å². The quantitative estimate of drug-likeness (QED) is 0.102. The number of nitrogens with zero attached hydrogens (tertiary/aromatic N) is 4. The van der Waals surface area contributed by atoms with E-state index in [2.05, 4.69) is 31.3 Å². The van der Waals surface area contributed by atoms with Gasteiger partial charge in [-0.25, -0.2) is 9.48 Å².